The average molecular weight is 415 g/mol. The molecule has 4 rings (SSSR count). The molecule has 3 aromatic rings. The molecule has 1 atom stereocenters. The first-order valence-electron chi connectivity index (χ1n) is 9.62. The predicted octanol–water partition coefficient (Wildman–Crippen LogP) is 5.06. The minimum atomic E-state index is -0.620. The highest BCUT2D eigenvalue weighted by atomic mass is 19.1. The Morgan fingerprint density at radius 1 is 1.16 bits per heavy atom. The van der Waals surface area contributed by atoms with E-state index in [0.717, 1.165) is 11.1 Å². The zero-order valence-corrected chi connectivity index (χ0v) is 16.5. The van der Waals surface area contributed by atoms with E-state index in [1.165, 1.54) is 18.2 Å². The van der Waals surface area contributed by atoms with Gasteiger partial charge in [-0.15, -0.1) is 0 Å². The highest BCUT2D eigenvalue weighted by Crippen LogP contribution is 2.36. The number of benzene rings is 3. The Labute approximate surface area is 178 Å². The van der Waals surface area contributed by atoms with Gasteiger partial charge in [0.25, 0.3) is 0 Å². The molecule has 0 spiro atoms. The molecule has 3 aromatic carbocycles. The van der Waals surface area contributed by atoms with Crippen LogP contribution < -0.4 is 4.74 Å². The molecule has 1 aliphatic rings. The maximum atomic E-state index is 14.0. The third kappa shape index (κ3) is 4.97. The van der Waals surface area contributed by atoms with E-state index < -0.39 is 18.1 Å². The Hall–Kier alpha value is -3.95. The van der Waals surface area contributed by atoms with Crippen molar-refractivity contribution >= 4 is 12.0 Å². The fourth-order valence-electron chi connectivity index (χ4n) is 3.19. The van der Waals surface area contributed by atoms with Gasteiger partial charge in [-0.25, -0.2) is 9.18 Å². The number of hydrogen-bond donors (Lipinski definition) is 0. The van der Waals surface area contributed by atoms with Crippen molar-refractivity contribution in [1.29, 1.82) is 5.26 Å². The van der Waals surface area contributed by atoms with Gasteiger partial charge in [0.05, 0.1) is 18.2 Å². The molecule has 1 heterocycles. The van der Waals surface area contributed by atoms with Crippen molar-refractivity contribution in [3.63, 3.8) is 0 Å². The van der Waals surface area contributed by atoms with Crippen molar-refractivity contribution in [1.82, 2.24) is 0 Å². The molecular weight excluding hydrogens is 397 g/mol. The van der Waals surface area contributed by atoms with E-state index in [4.69, 9.17) is 19.5 Å². The Morgan fingerprint density at radius 2 is 1.94 bits per heavy atom. The van der Waals surface area contributed by atoms with Gasteiger partial charge in [-0.05, 0) is 35.9 Å². The van der Waals surface area contributed by atoms with E-state index in [1.807, 2.05) is 36.4 Å². The molecule has 0 amide bonds. The molecule has 0 N–H and O–H groups in total. The summed E-state index contributed by atoms with van der Waals surface area (Å²) in [4.78, 5) is 12.1. The van der Waals surface area contributed by atoms with Crippen LogP contribution in [0.3, 0.4) is 0 Å². The van der Waals surface area contributed by atoms with Crippen LogP contribution in [0.2, 0.25) is 0 Å². The normalized spacial score (nSPS) is 15.0. The Morgan fingerprint density at radius 3 is 2.68 bits per heavy atom. The minimum Gasteiger partial charge on any atom is -0.460 e. The average Bonchev–Trinajstić information content (AvgIpc) is 2.81. The molecular formula is C25H18FNO4. The van der Waals surface area contributed by atoms with Crippen molar-refractivity contribution in [3.05, 3.63) is 106 Å². The maximum absolute atomic E-state index is 14.0. The Balaban J connectivity index is 1.45. The Bertz CT molecular complexity index is 1150. The molecule has 0 fully saturated rings. The third-order valence-corrected chi connectivity index (χ3v) is 4.72. The molecule has 5 nitrogen and oxygen atoms in total. The lowest BCUT2D eigenvalue weighted by Crippen LogP contribution is -2.19. The predicted molar refractivity (Wildman–Crippen MR) is 111 cm³/mol. The van der Waals surface area contributed by atoms with E-state index in [2.05, 4.69) is 0 Å². The number of ether oxygens (including phenoxy) is 3. The summed E-state index contributed by atoms with van der Waals surface area (Å²) in [7, 11) is 0. The number of halogens is 1. The number of esters is 1. The summed E-state index contributed by atoms with van der Waals surface area (Å²) in [5, 5.41) is 8.82. The monoisotopic (exact) mass is 415 g/mol. The van der Waals surface area contributed by atoms with Crippen LogP contribution in [0.5, 0.6) is 5.75 Å². The topological polar surface area (TPSA) is 68.6 Å². The zero-order valence-electron chi connectivity index (χ0n) is 16.5. The van der Waals surface area contributed by atoms with Crippen LogP contribution >= 0.6 is 0 Å². The quantitative estimate of drug-likeness (QED) is 0.430. The van der Waals surface area contributed by atoms with E-state index in [9.17, 15) is 9.18 Å². The van der Waals surface area contributed by atoms with Crippen LogP contribution in [0.25, 0.3) is 6.08 Å². The summed E-state index contributed by atoms with van der Waals surface area (Å²) in [6, 6.07) is 20.9. The van der Waals surface area contributed by atoms with E-state index >= 15 is 0 Å². The van der Waals surface area contributed by atoms with Crippen molar-refractivity contribution in [2.45, 2.75) is 19.5 Å². The second-order valence-electron chi connectivity index (χ2n) is 6.90. The maximum Gasteiger partial charge on any atom is 0.331 e. The van der Waals surface area contributed by atoms with E-state index in [0.29, 0.717) is 22.4 Å². The second-order valence-corrected chi connectivity index (χ2v) is 6.90. The summed E-state index contributed by atoms with van der Waals surface area (Å²) < 4.78 is 31.0. The third-order valence-electron chi connectivity index (χ3n) is 4.72. The standard InChI is InChI=1S/C25H18FNO4/c26-22-12-20(15-29-23(28)11-10-17-6-8-18(14-27)9-7-17)24-21(13-22)16-30-25(31-24)19-4-2-1-3-5-19/h1-13,25H,15-16H2/b11-10+/t25-/m0/s1. The van der Waals surface area contributed by atoms with Crippen molar-refractivity contribution in [2.24, 2.45) is 0 Å². The van der Waals surface area contributed by atoms with Crippen LogP contribution in [0.15, 0.2) is 72.8 Å². The van der Waals surface area contributed by atoms with Gasteiger partial charge >= 0.3 is 5.97 Å². The molecule has 0 radical (unpaired) electrons. The number of fused-ring (bicyclic) bond motifs is 1. The first-order valence-corrected chi connectivity index (χ1v) is 9.62. The minimum absolute atomic E-state index is 0.141. The van der Waals surface area contributed by atoms with Crippen LogP contribution in [-0.4, -0.2) is 5.97 Å². The van der Waals surface area contributed by atoms with E-state index in [1.54, 1.807) is 30.3 Å². The molecule has 0 saturated heterocycles. The largest absolute Gasteiger partial charge is 0.460 e. The van der Waals surface area contributed by atoms with Gasteiger partial charge in [0, 0.05) is 22.8 Å². The van der Waals surface area contributed by atoms with Gasteiger partial charge < -0.3 is 14.2 Å². The molecule has 154 valence electrons. The number of carbonyl (C=O) groups is 1. The molecule has 0 bridgehead atoms. The van der Waals surface area contributed by atoms with Crippen molar-refractivity contribution < 1.29 is 23.4 Å². The summed E-state index contributed by atoms with van der Waals surface area (Å²) in [5.41, 5.74) is 3.12. The molecule has 31 heavy (non-hydrogen) atoms. The number of carbonyl (C=O) groups excluding carboxylic acids is 1. The number of nitrogens with zero attached hydrogens (tertiary/aromatic N) is 1. The smallest absolute Gasteiger partial charge is 0.331 e. The molecule has 0 aliphatic carbocycles. The lowest BCUT2D eigenvalue weighted by Gasteiger charge is -2.28. The van der Waals surface area contributed by atoms with Crippen LogP contribution in [-0.2, 0) is 27.5 Å². The van der Waals surface area contributed by atoms with Gasteiger partial charge in [-0.1, -0.05) is 42.5 Å². The number of rotatable bonds is 5. The van der Waals surface area contributed by atoms with Crippen molar-refractivity contribution in [2.75, 3.05) is 0 Å². The van der Waals surface area contributed by atoms with Gasteiger partial charge in [0.15, 0.2) is 0 Å². The lowest BCUT2D eigenvalue weighted by molar-refractivity contribution is -0.139. The van der Waals surface area contributed by atoms with Gasteiger partial charge in [0.1, 0.15) is 18.2 Å². The lowest BCUT2D eigenvalue weighted by atomic mass is 10.1. The first-order chi connectivity index (χ1) is 15.1. The summed E-state index contributed by atoms with van der Waals surface area (Å²) in [6.45, 7) is 0.0460. The number of nitriles is 1. The molecule has 0 unspecified atom stereocenters. The fourth-order valence-corrected chi connectivity index (χ4v) is 3.19. The molecule has 0 aromatic heterocycles. The van der Waals surface area contributed by atoms with Gasteiger partial charge in [-0.2, -0.15) is 5.26 Å². The number of hydrogen-bond acceptors (Lipinski definition) is 5. The SMILES string of the molecule is N#Cc1ccc(/C=C/C(=O)OCc2cc(F)cc3c2O[C@@H](c2ccccc2)OC3)cc1. The van der Waals surface area contributed by atoms with Gasteiger partial charge in [-0.3, -0.25) is 0 Å². The van der Waals surface area contributed by atoms with E-state index in [-0.39, 0.29) is 13.2 Å². The van der Waals surface area contributed by atoms with Crippen LogP contribution in [0, 0.1) is 17.1 Å². The second kappa shape index (κ2) is 9.24. The highest BCUT2D eigenvalue weighted by molar-refractivity contribution is 5.87. The highest BCUT2D eigenvalue weighted by Gasteiger charge is 2.25. The zero-order chi connectivity index (χ0) is 21.6. The molecule has 0 saturated carbocycles. The fraction of sp³-hybridized carbons (Fsp3) is 0.120. The Kier molecular flexibility index (Phi) is 6.06. The summed E-state index contributed by atoms with van der Waals surface area (Å²) in [6.07, 6.45) is 2.24. The molecule has 6 heteroatoms. The summed E-state index contributed by atoms with van der Waals surface area (Å²) >= 11 is 0. The van der Waals surface area contributed by atoms with Crippen molar-refractivity contribution in [3.8, 4) is 11.8 Å². The summed E-state index contributed by atoms with van der Waals surface area (Å²) in [5.74, 6) is -0.567. The van der Waals surface area contributed by atoms with Crippen LogP contribution in [0.4, 0.5) is 4.39 Å². The van der Waals surface area contributed by atoms with Crippen LogP contribution in [0.1, 0.15) is 34.1 Å². The first kappa shape index (κ1) is 20.3. The van der Waals surface area contributed by atoms with Gasteiger partial charge in [0.2, 0.25) is 6.29 Å². The molecule has 1 aliphatic heterocycles.